The first kappa shape index (κ1) is 15.7. The molecule has 24 heavy (non-hydrogen) atoms. The van der Waals surface area contributed by atoms with Crippen LogP contribution in [0.4, 0.5) is 0 Å². The number of aliphatic imine (C=N–C) groups is 1. The molecule has 1 aromatic carbocycles. The second-order valence-corrected chi connectivity index (χ2v) is 7.24. The number of allylic oxidation sites excluding steroid dienone is 1. The molecule has 0 radical (unpaired) electrons. The Balaban J connectivity index is 1.72. The summed E-state index contributed by atoms with van der Waals surface area (Å²) in [5, 5.41) is 12.3. The molecule has 2 unspecified atom stereocenters. The van der Waals surface area contributed by atoms with Gasteiger partial charge in [0.2, 0.25) is 0 Å². The lowest BCUT2D eigenvalue weighted by molar-refractivity contribution is 0.285. The van der Waals surface area contributed by atoms with E-state index in [9.17, 15) is 5.26 Å². The van der Waals surface area contributed by atoms with Gasteiger partial charge in [-0.25, -0.2) is 5.43 Å². The molecule has 0 bridgehead atoms. The maximum absolute atomic E-state index is 9.47. The number of nitrogens with one attached hydrogen (secondary N) is 1. The van der Waals surface area contributed by atoms with Gasteiger partial charge in [-0.3, -0.25) is 10.0 Å². The molecule has 1 saturated heterocycles. The van der Waals surface area contributed by atoms with Crippen LogP contribution in [0.2, 0.25) is 5.02 Å². The van der Waals surface area contributed by atoms with Gasteiger partial charge in [0.15, 0.2) is 6.17 Å². The van der Waals surface area contributed by atoms with Gasteiger partial charge in [0.05, 0.1) is 11.8 Å². The molecule has 4 rings (SSSR count). The van der Waals surface area contributed by atoms with Crippen molar-refractivity contribution in [1.29, 1.82) is 5.26 Å². The average molecular weight is 341 g/mol. The fourth-order valence-corrected chi connectivity index (χ4v) is 4.05. The topological polar surface area (TPSA) is 51.4 Å². The van der Waals surface area contributed by atoms with E-state index in [1.165, 1.54) is 37.8 Å². The minimum Gasteiger partial charge on any atom is -0.282 e. The van der Waals surface area contributed by atoms with E-state index in [4.69, 9.17) is 16.6 Å². The lowest BCUT2D eigenvalue weighted by Gasteiger charge is -2.34. The van der Waals surface area contributed by atoms with Crippen LogP contribution < -0.4 is 5.43 Å². The predicted octanol–water partition coefficient (Wildman–Crippen LogP) is 4.00. The van der Waals surface area contributed by atoms with E-state index < -0.39 is 0 Å². The first-order valence-corrected chi connectivity index (χ1v) is 9.12. The van der Waals surface area contributed by atoms with Gasteiger partial charge in [-0.1, -0.05) is 43.0 Å². The molecule has 1 saturated carbocycles. The van der Waals surface area contributed by atoms with Gasteiger partial charge in [0, 0.05) is 23.2 Å². The highest BCUT2D eigenvalue weighted by atomic mass is 35.5. The summed E-state index contributed by atoms with van der Waals surface area (Å²) >= 11 is 6.04. The maximum Gasteiger partial charge on any atom is 0.152 e. The lowest BCUT2D eigenvalue weighted by atomic mass is 9.84. The fraction of sp³-hybridized carbons (Fsp3) is 0.474. The molecule has 2 atom stereocenters. The van der Waals surface area contributed by atoms with Crippen molar-refractivity contribution in [2.75, 3.05) is 6.54 Å². The molecular weight excluding hydrogens is 320 g/mol. The van der Waals surface area contributed by atoms with Crippen LogP contribution in [-0.4, -0.2) is 23.4 Å². The van der Waals surface area contributed by atoms with Crippen LogP contribution in [0.25, 0.3) is 5.70 Å². The SMILES string of the molecule is N#CC1CNN2C(c3ccc(Cl)cc3)=CC(C3CCCCC3)=NC12. The number of nitrogens with zero attached hydrogens (tertiary/aromatic N) is 3. The zero-order valence-corrected chi connectivity index (χ0v) is 14.3. The van der Waals surface area contributed by atoms with E-state index in [0.29, 0.717) is 12.5 Å². The van der Waals surface area contributed by atoms with Crippen molar-refractivity contribution in [2.45, 2.75) is 38.3 Å². The summed E-state index contributed by atoms with van der Waals surface area (Å²) in [4.78, 5) is 4.97. The lowest BCUT2D eigenvalue weighted by Crippen LogP contribution is -2.40. The van der Waals surface area contributed by atoms with Crippen molar-refractivity contribution in [2.24, 2.45) is 16.8 Å². The summed E-state index contributed by atoms with van der Waals surface area (Å²) in [6, 6.07) is 10.3. The van der Waals surface area contributed by atoms with Crippen molar-refractivity contribution in [3.8, 4) is 6.07 Å². The second-order valence-electron chi connectivity index (χ2n) is 6.81. The van der Waals surface area contributed by atoms with Gasteiger partial charge in [-0.2, -0.15) is 5.26 Å². The molecular formula is C19H21ClN4. The van der Waals surface area contributed by atoms with Crippen LogP contribution >= 0.6 is 11.6 Å². The molecule has 3 aliphatic rings. The summed E-state index contributed by atoms with van der Waals surface area (Å²) in [6.07, 6.45) is 8.39. The average Bonchev–Trinajstić information content (AvgIpc) is 3.05. The largest absolute Gasteiger partial charge is 0.282 e. The van der Waals surface area contributed by atoms with Crippen LogP contribution in [0.5, 0.6) is 0 Å². The Bertz CT molecular complexity index is 710. The fourth-order valence-electron chi connectivity index (χ4n) is 3.93. The number of hydrazine groups is 1. The Morgan fingerprint density at radius 2 is 1.92 bits per heavy atom. The van der Waals surface area contributed by atoms with E-state index in [1.807, 2.05) is 24.3 Å². The van der Waals surface area contributed by atoms with Gasteiger partial charge < -0.3 is 0 Å². The number of hydrogen-bond donors (Lipinski definition) is 1. The number of nitriles is 1. The van der Waals surface area contributed by atoms with Gasteiger partial charge in [0.1, 0.15) is 5.92 Å². The van der Waals surface area contributed by atoms with Gasteiger partial charge >= 0.3 is 0 Å². The molecule has 2 aliphatic heterocycles. The molecule has 1 N–H and O–H groups in total. The number of benzene rings is 1. The first-order valence-electron chi connectivity index (χ1n) is 8.74. The van der Waals surface area contributed by atoms with E-state index in [1.54, 1.807) is 0 Å². The predicted molar refractivity (Wildman–Crippen MR) is 96.2 cm³/mol. The molecule has 1 aliphatic carbocycles. The van der Waals surface area contributed by atoms with Crippen LogP contribution in [0.3, 0.4) is 0 Å². The second kappa shape index (κ2) is 6.58. The third-order valence-corrected chi connectivity index (χ3v) is 5.51. The smallest absolute Gasteiger partial charge is 0.152 e. The van der Waals surface area contributed by atoms with E-state index in [-0.39, 0.29) is 12.1 Å². The number of halogens is 1. The minimum absolute atomic E-state index is 0.111. The third kappa shape index (κ3) is 2.83. The molecule has 4 nitrogen and oxygen atoms in total. The molecule has 5 heteroatoms. The Morgan fingerprint density at radius 1 is 1.17 bits per heavy atom. The summed E-state index contributed by atoms with van der Waals surface area (Å²) in [6.45, 7) is 0.646. The molecule has 2 heterocycles. The summed E-state index contributed by atoms with van der Waals surface area (Å²) < 4.78 is 0. The molecule has 0 spiro atoms. The zero-order chi connectivity index (χ0) is 16.5. The Morgan fingerprint density at radius 3 is 2.62 bits per heavy atom. The van der Waals surface area contributed by atoms with Gasteiger partial charge in [-0.05, 0) is 36.6 Å². The highest BCUT2D eigenvalue weighted by Gasteiger charge is 2.39. The van der Waals surface area contributed by atoms with E-state index >= 15 is 0 Å². The Hall–Kier alpha value is -1.83. The molecule has 1 aromatic rings. The molecule has 124 valence electrons. The zero-order valence-electron chi connectivity index (χ0n) is 13.6. The van der Waals surface area contributed by atoms with Crippen molar-refractivity contribution < 1.29 is 0 Å². The maximum atomic E-state index is 9.47. The Labute approximate surface area is 147 Å². The minimum atomic E-state index is -0.123. The van der Waals surface area contributed by atoms with Crippen LogP contribution in [0.15, 0.2) is 35.3 Å². The molecule has 0 amide bonds. The molecule has 2 fully saturated rings. The van der Waals surface area contributed by atoms with Crippen LogP contribution in [0, 0.1) is 23.2 Å². The van der Waals surface area contributed by atoms with Gasteiger partial charge in [-0.15, -0.1) is 0 Å². The van der Waals surface area contributed by atoms with Crippen molar-refractivity contribution in [1.82, 2.24) is 10.4 Å². The first-order chi connectivity index (χ1) is 11.8. The van der Waals surface area contributed by atoms with E-state index in [0.717, 1.165) is 16.3 Å². The number of hydrogen-bond acceptors (Lipinski definition) is 4. The van der Waals surface area contributed by atoms with Crippen molar-refractivity contribution in [3.63, 3.8) is 0 Å². The van der Waals surface area contributed by atoms with Crippen LogP contribution in [0.1, 0.15) is 37.7 Å². The Kier molecular flexibility index (Phi) is 4.30. The highest BCUT2D eigenvalue weighted by molar-refractivity contribution is 6.30. The van der Waals surface area contributed by atoms with Crippen LogP contribution in [-0.2, 0) is 0 Å². The van der Waals surface area contributed by atoms with E-state index in [2.05, 4.69) is 22.6 Å². The quantitative estimate of drug-likeness (QED) is 0.885. The molecule has 0 aromatic heterocycles. The summed E-state index contributed by atoms with van der Waals surface area (Å²) in [5.41, 5.74) is 6.73. The van der Waals surface area contributed by atoms with Crippen molar-refractivity contribution in [3.05, 3.63) is 40.9 Å². The van der Waals surface area contributed by atoms with Crippen molar-refractivity contribution >= 4 is 23.0 Å². The normalized spacial score (nSPS) is 27.2. The number of rotatable bonds is 2. The van der Waals surface area contributed by atoms with Gasteiger partial charge in [0.25, 0.3) is 0 Å². The monoisotopic (exact) mass is 340 g/mol. The highest BCUT2D eigenvalue weighted by Crippen LogP contribution is 2.35. The standard InChI is InChI=1S/C19H21ClN4/c20-16-8-6-14(7-9-16)18-10-17(13-4-2-1-3-5-13)23-19-15(11-21)12-22-24(18)19/h6-10,13,15,19,22H,1-5,12H2. The number of fused-ring (bicyclic) bond motifs is 1. The third-order valence-electron chi connectivity index (χ3n) is 5.26. The summed E-state index contributed by atoms with van der Waals surface area (Å²) in [7, 11) is 0. The summed E-state index contributed by atoms with van der Waals surface area (Å²) in [5.74, 6) is 0.419.